The van der Waals surface area contributed by atoms with Crippen LogP contribution in [0.1, 0.15) is 45.4 Å². The van der Waals surface area contributed by atoms with E-state index in [0.29, 0.717) is 5.92 Å². The number of fused-ring (bicyclic) bond motifs is 1. The van der Waals surface area contributed by atoms with Gasteiger partial charge in [-0.2, -0.15) is 0 Å². The van der Waals surface area contributed by atoms with Crippen LogP contribution < -0.4 is 0 Å². The van der Waals surface area contributed by atoms with E-state index in [1.165, 1.54) is 25.7 Å². The zero-order chi connectivity index (χ0) is 8.55. The molecule has 0 aromatic rings. The van der Waals surface area contributed by atoms with E-state index in [4.69, 9.17) is 0 Å². The molecule has 2 saturated carbocycles. The lowest BCUT2D eigenvalue weighted by Gasteiger charge is -2.07. The molecular formula is C11H20O. The Balaban J connectivity index is 1.83. The minimum absolute atomic E-state index is 0.0306. The molecule has 1 heteroatoms. The smallest absolute Gasteiger partial charge is 0.0573 e. The molecule has 0 spiro atoms. The Bertz CT molecular complexity index is 143. The molecule has 0 bridgehead atoms. The number of hydrogen-bond acceptors (Lipinski definition) is 1. The van der Waals surface area contributed by atoms with Gasteiger partial charge in [-0.15, -0.1) is 0 Å². The van der Waals surface area contributed by atoms with Gasteiger partial charge in [0.15, 0.2) is 0 Å². The summed E-state index contributed by atoms with van der Waals surface area (Å²) < 4.78 is 0. The van der Waals surface area contributed by atoms with Crippen molar-refractivity contribution in [3.05, 3.63) is 0 Å². The molecule has 0 aromatic carbocycles. The quantitative estimate of drug-likeness (QED) is 0.686. The van der Waals surface area contributed by atoms with Crippen molar-refractivity contribution in [2.24, 2.45) is 17.8 Å². The number of aliphatic hydroxyl groups excluding tert-OH is 1. The average molecular weight is 168 g/mol. The first-order valence-corrected chi connectivity index (χ1v) is 5.52. The number of aliphatic hydroxyl groups is 1. The van der Waals surface area contributed by atoms with Crippen LogP contribution in [0.3, 0.4) is 0 Å². The maximum absolute atomic E-state index is 9.82. The van der Waals surface area contributed by atoms with Gasteiger partial charge in [0.2, 0.25) is 0 Å². The molecule has 12 heavy (non-hydrogen) atoms. The van der Waals surface area contributed by atoms with Gasteiger partial charge < -0.3 is 5.11 Å². The summed E-state index contributed by atoms with van der Waals surface area (Å²) in [4.78, 5) is 0. The summed E-state index contributed by atoms with van der Waals surface area (Å²) >= 11 is 0. The van der Waals surface area contributed by atoms with Gasteiger partial charge in [-0.3, -0.25) is 0 Å². The zero-order valence-corrected chi connectivity index (χ0v) is 8.00. The van der Waals surface area contributed by atoms with E-state index in [1.807, 2.05) is 0 Å². The Labute approximate surface area is 75.2 Å². The molecule has 3 unspecified atom stereocenters. The van der Waals surface area contributed by atoms with Gasteiger partial charge in [0.1, 0.15) is 0 Å². The molecule has 2 aliphatic rings. The molecule has 2 rings (SSSR count). The molecule has 70 valence electrons. The fourth-order valence-electron chi connectivity index (χ4n) is 3.11. The van der Waals surface area contributed by atoms with Crippen molar-refractivity contribution in [1.29, 1.82) is 0 Å². The summed E-state index contributed by atoms with van der Waals surface area (Å²) in [5.41, 5.74) is 0. The van der Waals surface area contributed by atoms with Gasteiger partial charge in [-0.1, -0.05) is 26.2 Å². The van der Waals surface area contributed by atoms with E-state index in [9.17, 15) is 5.11 Å². The average Bonchev–Trinajstić information content (AvgIpc) is 2.78. The van der Waals surface area contributed by atoms with Crippen LogP contribution in [0.4, 0.5) is 0 Å². The molecule has 3 atom stereocenters. The van der Waals surface area contributed by atoms with Crippen LogP contribution >= 0.6 is 0 Å². The highest BCUT2D eigenvalue weighted by Gasteiger charge is 2.53. The summed E-state index contributed by atoms with van der Waals surface area (Å²) in [6.45, 7) is 2.16. The number of rotatable bonds is 3. The third-order valence-electron chi connectivity index (χ3n) is 3.75. The van der Waals surface area contributed by atoms with Crippen LogP contribution in [0, 0.1) is 17.8 Å². The van der Waals surface area contributed by atoms with E-state index < -0.39 is 0 Å². The second-order valence-corrected chi connectivity index (χ2v) is 4.55. The molecule has 2 fully saturated rings. The predicted molar refractivity (Wildman–Crippen MR) is 49.9 cm³/mol. The fourth-order valence-corrected chi connectivity index (χ4v) is 3.11. The second kappa shape index (κ2) is 3.37. The lowest BCUT2D eigenvalue weighted by molar-refractivity contribution is 0.130. The lowest BCUT2D eigenvalue weighted by Crippen LogP contribution is -2.10. The molecule has 0 radical (unpaired) electrons. The van der Waals surface area contributed by atoms with Gasteiger partial charge in [-0.25, -0.2) is 0 Å². The van der Waals surface area contributed by atoms with Crippen molar-refractivity contribution in [1.82, 2.24) is 0 Å². The first-order chi connectivity index (χ1) is 5.84. The highest BCUT2D eigenvalue weighted by molar-refractivity contribution is 5.02. The van der Waals surface area contributed by atoms with Gasteiger partial charge in [0.05, 0.1) is 6.10 Å². The molecule has 0 aliphatic heterocycles. The molecule has 1 nitrogen and oxygen atoms in total. The highest BCUT2D eigenvalue weighted by Crippen LogP contribution is 2.57. The van der Waals surface area contributed by atoms with Crippen molar-refractivity contribution >= 4 is 0 Å². The van der Waals surface area contributed by atoms with Crippen molar-refractivity contribution in [3.8, 4) is 0 Å². The van der Waals surface area contributed by atoms with Crippen molar-refractivity contribution in [2.45, 2.75) is 51.6 Å². The van der Waals surface area contributed by atoms with E-state index in [1.54, 1.807) is 0 Å². The molecule has 0 aromatic heterocycles. The van der Waals surface area contributed by atoms with Gasteiger partial charge in [0, 0.05) is 0 Å². The van der Waals surface area contributed by atoms with E-state index in [2.05, 4.69) is 6.92 Å². The zero-order valence-electron chi connectivity index (χ0n) is 8.00. The summed E-state index contributed by atoms with van der Waals surface area (Å²) in [5, 5.41) is 9.82. The largest absolute Gasteiger partial charge is 0.393 e. The normalized spacial score (nSPS) is 42.0. The molecule has 0 amide bonds. The Hall–Kier alpha value is -0.0400. The Kier molecular flexibility index (Phi) is 2.40. The monoisotopic (exact) mass is 168 g/mol. The first kappa shape index (κ1) is 8.55. The molecule has 2 aliphatic carbocycles. The van der Waals surface area contributed by atoms with Crippen LogP contribution in [0.25, 0.3) is 0 Å². The lowest BCUT2D eigenvalue weighted by atomic mass is 10.0. The standard InChI is InChI=1S/C11H20O/c1-2-5-10(12)11-8-6-3-4-7-9(8)11/h8-12H,2-7H2,1H3. The van der Waals surface area contributed by atoms with Crippen molar-refractivity contribution in [3.63, 3.8) is 0 Å². The first-order valence-electron chi connectivity index (χ1n) is 5.52. The fraction of sp³-hybridized carbons (Fsp3) is 1.00. The van der Waals surface area contributed by atoms with Crippen LogP contribution in [0.2, 0.25) is 0 Å². The number of hydrogen-bond donors (Lipinski definition) is 1. The third kappa shape index (κ3) is 1.39. The maximum atomic E-state index is 9.82. The second-order valence-electron chi connectivity index (χ2n) is 4.55. The summed E-state index contributed by atoms with van der Waals surface area (Å²) in [5.74, 6) is 2.54. The van der Waals surface area contributed by atoms with Crippen LogP contribution in [-0.2, 0) is 0 Å². The van der Waals surface area contributed by atoms with Crippen LogP contribution in [-0.4, -0.2) is 11.2 Å². The van der Waals surface area contributed by atoms with E-state index in [0.717, 1.165) is 24.7 Å². The molecule has 1 N–H and O–H groups in total. The van der Waals surface area contributed by atoms with Crippen molar-refractivity contribution < 1.29 is 5.11 Å². The van der Waals surface area contributed by atoms with E-state index in [-0.39, 0.29) is 6.10 Å². The maximum Gasteiger partial charge on any atom is 0.0573 e. The molecule has 0 saturated heterocycles. The van der Waals surface area contributed by atoms with Gasteiger partial charge in [-0.05, 0) is 37.0 Å². The van der Waals surface area contributed by atoms with Gasteiger partial charge in [0.25, 0.3) is 0 Å². The minimum atomic E-state index is 0.0306. The Morgan fingerprint density at radius 2 is 1.83 bits per heavy atom. The highest BCUT2D eigenvalue weighted by atomic mass is 16.3. The van der Waals surface area contributed by atoms with Crippen LogP contribution in [0.5, 0.6) is 0 Å². The third-order valence-corrected chi connectivity index (χ3v) is 3.75. The summed E-state index contributed by atoms with van der Waals surface area (Å²) in [6.07, 6.45) is 7.82. The van der Waals surface area contributed by atoms with Crippen molar-refractivity contribution in [2.75, 3.05) is 0 Å². The molecular weight excluding hydrogens is 148 g/mol. The minimum Gasteiger partial charge on any atom is -0.393 e. The Morgan fingerprint density at radius 3 is 2.33 bits per heavy atom. The van der Waals surface area contributed by atoms with Gasteiger partial charge >= 0.3 is 0 Å². The Morgan fingerprint density at radius 1 is 1.25 bits per heavy atom. The molecule has 0 heterocycles. The van der Waals surface area contributed by atoms with E-state index >= 15 is 0 Å². The summed E-state index contributed by atoms with van der Waals surface area (Å²) in [7, 11) is 0. The topological polar surface area (TPSA) is 20.2 Å². The summed E-state index contributed by atoms with van der Waals surface area (Å²) in [6, 6.07) is 0. The SMILES string of the molecule is CCCC(O)C1C2CCCCC21. The predicted octanol–water partition coefficient (Wildman–Crippen LogP) is 2.58. The van der Waals surface area contributed by atoms with Crippen LogP contribution in [0.15, 0.2) is 0 Å².